The summed E-state index contributed by atoms with van der Waals surface area (Å²) in [7, 11) is 0. The quantitative estimate of drug-likeness (QED) is 0.0886. The van der Waals surface area contributed by atoms with Gasteiger partial charge in [0, 0.05) is 17.2 Å². The lowest BCUT2D eigenvalue weighted by atomic mass is 9.93. The van der Waals surface area contributed by atoms with Crippen molar-refractivity contribution in [2.75, 3.05) is 0 Å². The van der Waals surface area contributed by atoms with Crippen LogP contribution in [0.3, 0.4) is 0 Å². The minimum atomic E-state index is -4.37. The van der Waals surface area contributed by atoms with Gasteiger partial charge >= 0.3 is 6.18 Å². The number of amidine groups is 1. The number of benzene rings is 3. The lowest BCUT2D eigenvalue weighted by molar-refractivity contribution is -0.137. The van der Waals surface area contributed by atoms with Gasteiger partial charge in [-0.1, -0.05) is 119 Å². The molecule has 0 saturated heterocycles. The van der Waals surface area contributed by atoms with Crippen LogP contribution < -0.4 is 5.73 Å². The molecule has 0 atom stereocenters. The van der Waals surface area contributed by atoms with Crippen molar-refractivity contribution in [2.24, 2.45) is 10.7 Å². The zero-order valence-electron chi connectivity index (χ0n) is 26.3. The molecule has 0 radical (unpaired) electrons. The maximum Gasteiger partial charge on any atom is 0.416 e. The van der Waals surface area contributed by atoms with Crippen LogP contribution in [0.5, 0.6) is 0 Å². The number of ketones is 1. The Morgan fingerprint density at radius 2 is 1.28 bits per heavy atom. The molecule has 43 heavy (non-hydrogen) atoms. The molecular formula is C37H45F3N2O. The zero-order chi connectivity index (χ0) is 32.6. The van der Waals surface area contributed by atoms with Crippen LogP contribution >= 0.6 is 0 Å². The van der Waals surface area contributed by atoms with Crippen molar-refractivity contribution in [3.63, 3.8) is 0 Å². The van der Waals surface area contributed by atoms with Crippen LogP contribution in [0.2, 0.25) is 0 Å². The Morgan fingerprint density at radius 1 is 0.814 bits per heavy atom. The third kappa shape index (κ3) is 13.1. The highest BCUT2D eigenvalue weighted by atomic mass is 19.4. The molecule has 0 unspecified atom stereocenters. The Balaban J connectivity index is 0.000000323. The fourth-order valence-corrected chi connectivity index (χ4v) is 4.16. The minimum absolute atomic E-state index is 0.218. The first kappa shape index (κ1) is 36.8. The van der Waals surface area contributed by atoms with Crippen molar-refractivity contribution in [3.05, 3.63) is 143 Å². The molecule has 3 aromatic rings. The number of alkyl halides is 3. The highest BCUT2D eigenvalue weighted by molar-refractivity contribution is 6.07. The summed E-state index contributed by atoms with van der Waals surface area (Å²) in [5.74, 6) is 0.762. The van der Waals surface area contributed by atoms with E-state index >= 15 is 0 Å². The predicted molar refractivity (Wildman–Crippen MR) is 175 cm³/mol. The van der Waals surface area contributed by atoms with Gasteiger partial charge in [0.25, 0.3) is 0 Å². The third-order valence-corrected chi connectivity index (χ3v) is 6.47. The summed E-state index contributed by atoms with van der Waals surface area (Å²) in [6.07, 6.45) is -1.30. The molecule has 3 nitrogen and oxygen atoms in total. The molecule has 3 aromatic carbocycles. The smallest absolute Gasteiger partial charge is 0.387 e. The van der Waals surface area contributed by atoms with Crippen molar-refractivity contribution in [3.8, 4) is 0 Å². The molecular weight excluding hydrogens is 545 g/mol. The van der Waals surface area contributed by atoms with E-state index in [9.17, 15) is 18.0 Å². The van der Waals surface area contributed by atoms with Gasteiger partial charge in [0.1, 0.15) is 0 Å². The highest BCUT2D eigenvalue weighted by Gasteiger charge is 2.30. The van der Waals surface area contributed by atoms with Gasteiger partial charge in [-0.15, -0.1) is 0 Å². The number of Topliss-reactive ketones (excluding diaryl/α,β-unsaturated/α-hetero) is 1. The number of nitrogens with zero attached hydrogens (tertiary/aromatic N) is 1. The molecule has 230 valence electrons. The SMILES string of the molecule is C=C(C)/C(CCC)=C(/CC)N=C(C)N.C=C(C)C(=O)c1ccc(C(F)(F)F)cc1.CC(c1ccccc1)c1ccccc1. The van der Waals surface area contributed by atoms with E-state index in [1.807, 2.05) is 13.8 Å². The number of hydrogen-bond acceptors (Lipinski definition) is 2. The van der Waals surface area contributed by atoms with Crippen LogP contribution in [-0.2, 0) is 6.18 Å². The monoisotopic (exact) mass is 590 g/mol. The van der Waals surface area contributed by atoms with Crippen molar-refractivity contribution in [1.29, 1.82) is 0 Å². The van der Waals surface area contributed by atoms with E-state index in [1.54, 1.807) is 0 Å². The molecule has 0 saturated carbocycles. The van der Waals surface area contributed by atoms with E-state index in [2.05, 4.69) is 99.6 Å². The summed E-state index contributed by atoms with van der Waals surface area (Å²) in [4.78, 5) is 15.7. The standard InChI is InChI=1S/C14H14.C12H22N2.C11H9F3O/c1-12(13-8-4-2-5-9-13)14-10-6-3-7-11-14;1-6-8-11(9(3)4)12(7-2)14-10(5)13;1-7(2)10(15)8-3-5-9(6-4-8)11(12,13)14/h2-12H,1H3;3,6-8H2,1-2,4-5H3,(H2,13,14);3-6H,1H2,2H3/b;12-11-;. The topological polar surface area (TPSA) is 55.4 Å². The number of hydrogen-bond donors (Lipinski definition) is 1. The van der Waals surface area contributed by atoms with Crippen LogP contribution in [0.15, 0.2) is 125 Å². The Labute approximate surface area is 255 Å². The van der Waals surface area contributed by atoms with Crippen LogP contribution in [0.25, 0.3) is 0 Å². The number of carbonyl (C=O) groups excluding carboxylic acids is 1. The van der Waals surface area contributed by atoms with Crippen molar-refractivity contribution in [2.45, 2.75) is 72.9 Å². The summed E-state index contributed by atoms with van der Waals surface area (Å²) < 4.78 is 36.5. The lowest BCUT2D eigenvalue weighted by Gasteiger charge is -2.11. The number of nitrogens with two attached hydrogens (primary N) is 1. The molecule has 3 rings (SSSR count). The second-order valence-electron chi connectivity index (χ2n) is 10.3. The molecule has 0 aromatic heterocycles. The summed E-state index contributed by atoms with van der Waals surface area (Å²) in [5, 5.41) is 0. The van der Waals surface area contributed by atoms with Crippen LogP contribution in [0.1, 0.15) is 93.8 Å². The molecule has 0 aliphatic carbocycles. The van der Waals surface area contributed by atoms with Gasteiger partial charge in [0.2, 0.25) is 0 Å². The largest absolute Gasteiger partial charge is 0.416 e. The average molecular weight is 591 g/mol. The Kier molecular flexibility index (Phi) is 15.7. The summed E-state index contributed by atoms with van der Waals surface area (Å²) >= 11 is 0. The second kappa shape index (κ2) is 18.4. The molecule has 0 aliphatic rings. The van der Waals surface area contributed by atoms with Gasteiger partial charge in [-0.25, -0.2) is 4.99 Å². The fraction of sp³-hybridized carbons (Fsp3) is 0.297. The average Bonchev–Trinajstić information content (AvgIpc) is 2.99. The summed E-state index contributed by atoms with van der Waals surface area (Å²) in [6, 6.07) is 25.3. The Morgan fingerprint density at radius 3 is 1.60 bits per heavy atom. The van der Waals surface area contributed by atoms with Crippen LogP contribution in [0.4, 0.5) is 13.2 Å². The van der Waals surface area contributed by atoms with Gasteiger partial charge in [-0.3, -0.25) is 4.79 Å². The first-order chi connectivity index (χ1) is 20.2. The van der Waals surface area contributed by atoms with Gasteiger partial charge in [0.15, 0.2) is 5.78 Å². The van der Waals surface area contributed by atoms with Crippen molar-refractivity contribution >= 4 is 11.6 Å². The summed E-state index contributed by atoms with van der Waals surface area (Å²) in [6.45, 7) is 19.3. The summed E-state index contributed by atoms with van der Waals surface area (Å²) in [5.41, 5.74) is 11.5. The number of rotatable bonds is 9. The van der Waals surface area contributed by atoms with Crippen LogP contribution in [0, 0.1) is 0 Å². The van der Waals surface area contributed by atoms with E-state index < -0.39 is 11.7 Å². The van der Waals surface area contributed by atoms with Gasteiger partial charge < -0.3 is 5.73 Å². The number of aliphatic imine (C=N–C) groups is 1. The molecule has 0 spiro atoms. The minimum Gasteiger partial charge on any atom is -0.387 e. The van der Waals surface area contributed by atoms with Gasteiger partial charge in [0.05, 0.1) is 11.4 Å². The first-order valence-corrected chi connectivity index (χ1v) is 14.4. The Hall–Kier alpha value is -4.19. The Bertz CT molecular complexity index is 1330. The fourth-order valence-electron chi connectivity index (χ4n) is 4.16. The molecule has 0 fully saturated rings. The predicted octanol–water partition coefficient (Wildman–Crippen LogP) is 10.7. The van der Waals surface area contributed by atoms with Gasteiger partial charge in [-0.05, 0) is 68.0 Å². The van der Waals surface area contributed by atoms with E-state index in [-0.39, 0.29) is 11.3 Å². The number of carbonyl (C=O) groups is 1. The lowest BCUT2D eigenvalue weighted by Crippen LogP contribution is -2.06. The molecule has 0 amide bonds. The van der Waals surface area contributed by atoms with Crippen molar-refractivity contribution < 1.29 is 18.0 Å². The van der Waals surface area contributed by atoms with Crippen molar-refractivity contribution in [1.82, 2.24) is 0 Å². The molecule has 0 heterocycles. The molecule has 6 heteroatoms. The van der Waals surface area contributed by atoms with E-state index in [1.165, 1.54) is 23.6 Å². The normalized spacial score (nSPS) is 11.8. The molecule has 0 bridgehead atoms. The molecule has 0 aliphatic heterocycles. The van der Waals surface area contributed by atoms with Crippen LogP contribution in [-0.4, -0.2) is 11.6 Å². The number of allylic oxidation sites excluding steroid dienone is 4. The maximum absolute atomic E-state index is 12.2. The van der Waals surface area contributed by atoms with E-state index in [0.29, 0.717) is 17.3 Å². The maximum atomic E-state index is 12.2. The van der Waals surface area contributed by atoms with E-state index in [0.717, 1.165) is 54.8 Å². The highest BCUT2D eigenvalue weighted by Crippen LogP contribution is 2.29. The molecule has 2 N–H and O–H groups in total. The second-order valence-corrected chi connectivity index (χ2v) is 10.3. The first-order valence-electron chi connectivity index (χ1n) is 14.4. The zero-order valence-corrected chi connectivity index (χ0v) is 26.3. The van der Waals surface area contributed by atoms with Gasteiger partial charge in [-0.2, -0.15) is 13.2 Å². The van der Waals surface area contributed by atoms with E-state index in [4.69, 9.17) is 5.73 Å². The number of halogens is 3. The third-order valence-electron chi connectivity index (χ3n) is 6.47.